The molecular weight excluding hydrogens is 126 g/mol. The van der Waals surface area contributed by atoms with Gasteiger partial charge in [-0.05, 0) is 0 Å². The van der Waals surface area contributed by atoms with Crippen molar-refractivity contribution in [2.24, 2.45) is 11.5 Å². The summed E-state index contributed by atoms with van der Waals surface area (Å²) in [5.74, 6) is 0. The van der Waals surface area contributed by atoms with Crippen molar-refractivity contribution >= 4 is 18.5 Å². The summed E-state index contributed by atoms with van der Waals surface area (Å²) in [7, 11) is 0. The minimum absolute atomic E-state index is 0.0509. The van der Waals surface area contributed by atoms with Gasteiger partial charge in [-0.2, -0.15) is 4.90 Å². The van der Waals surface area contributed by atoms with Gasteiger partial charge < -0.3 is 11.5 Å². The van der Waals surface area contributed by atoms with Crippen LogP contribution >= 0.6 is 0 Å². The van der Waals surface area contributed by atoms with E-state index < -0.39 is 12.1 Å². The lowest BCUT2D eigenvalue weighted by Gasteiger charge is -2.03. The second kappa shape index (κ2) is 2.65. The quantitative estimate of drug-likeness (QED) is 0.427. The Hall–Kier alpha value is -1.59. The molecule has 0 radical (unpaired) electrons. The Labute approximate surface area is 50.4 Å². The zero-order valence-corrected chi connectivity index (χ0v) is 4.40. The zero-order valence-electron chi connectivity index (χ0n) is 4.40. The average Bonchev–Trinajstić information content (AvgIpc) is 1.64. The third-order valence-corrected chi connectivity index (χ3v) is 0.580. The lowest BCUT2D eigenvalue weighted by molar-refractivity contribution is -0.113. The molecular formula is C3H5N3O3. The molecule has 0 aromatic carbocycles. The maximum atomic E-state index is 9.99. The monoisotopic (exact) mass is 131 g/mol. The fourth-order valence-corrected chi connectivity index (χ4v) is 0.212. The molecule has 0 saturated heterocycles. The van der Waals surface area contributed by atoms with Crippen LogP contribution in [0.1, 0.15) is 0 Å². The molecule has 0 aliphatic heterocycles. The molecule has 0 aliphatic rings. The van der Waals surface area contributed by atoms with Crippen molar-refractivity contribution in [1.29, 1.82) is 0 Å². The molecule has 0 aromatic rings. The van der Waals surface area contributed by atoms with Gasteiger partial charge in [-0.1, -0.05) is 0 Å². The molecule has 4 N–H and O–H groups in total. The third-order valence-electron chi connectivity index (χ3n) is 0.580. The van der Waals surface area contributed by atoms with Crippen LogP contribution in [-0.4, -0.2) is 23.4 Å². The number of urea groups is 2. The van der Waals surface area contributed by atoms with Crippen molar-refractivity contribution in [2.75, 3.05) is 0 Å². The molecule has 0 spiro atoms. The van der Waals surface area contributed by atoms with Gasteiger partial charge in [-0.25, -0.2) is 9.59 Å². The second-order valence-corrected chi connectivity index (χ2v) is 1.15. The van der Waals surface area contributed by atoms with Gasteiger partial charge in [0.05, 0.1) is 0 Å². The SMILES string of the molecule is NC(=O)N(C=O)C(N)=O. The Morgan fingerprint density at radius 1 is 1.22 bits per heavy atom. The zero-order chi connectivity index (χ0) is 7.44. The summed E-state index contributed by atoms with van der Waals surface area (Å²) in [6.45, 7) is 0. The van der Waals surface area contributed by atoms with Gasteiger partial charge in [-0.3, -0.25) is 4.79 Å². The largest absolute Gasteiger partial charge is 0.351 e. The third kappa shape index (κ3) is 1.76. The fourth-order valence-electron chi connectivity index (χ4n) is 0.212. The lowest BCUT2D eigenvalue weighted by Crippen LogP contribution is -2.42. The van der Waals surface area contributed by atoms with Crippen LogP contribution < -0.4 is 11.5 Å². The van der Waals surface area contributed by atoms with Crippen LogP contribution in [0, 0.1) is 0 Å². The maximum Gasteiger partial charge on any atom is 0.329 e. The number of imide groups is 3. The molecule has 0 aliphatic carbocycles. The first-order valence-corrected chi connectivity index (χ1v) is 1.93. The summed E-state index contributed by atoms with van der Waals surface area (Å²) < 4.78 is 0. The Morgan fingerprint density at radius 2 is 1.56 bits per heavy atom. The number of hydrogen-bond donors (Lipinski definition) is 2. The van der Waals surface area contributed by atoms with E-state index in [-0.39, 0.29) is 11.3 Å². The molecule has 0 rings (SSSR count). The van der Waals surface area contributed by atoms with E-state index in [4.69, 9.17) is 0 Å². The Bertz CT molecular complexity index is 140. The topological polar surface area (TPSA) is 106 Å². The number of carbonyl (C=O) groups excluding carboxylic acids is 3. The van der Waals surface area contributed by atoms with E-state index in [1.165, 1.54) is 0 Å². The predicted octanol–water partition coefficient (Wildman–Crippen LogP) is -1.40. The minimum Gasteiger partial charge on any atom is -0.351 e. The van der Waals surface area contributed by atoms with Gasteiger partial charge >= 0.3 is 12.1 Å². The summed E-state index contributed by atoms with van der Waals surface area (Å²) in [6.07, 6.45) is -0.0509. The highest BCUT2D eigenvalue weighted by atomic mass is 16.2. The van der Waals surface area contributed by atoms with E-state index in [0.717, 1.165) is 0 Å². The molecule has 0 heterocycles. The molecule has 0 unspecified atom stereocenters. The van der Waals surface area contributed by atoms with Crippen LogP contribution in [0.3, 0.4) is 0 Å². The van der Waals surface area contributed by atoms with Crippen molar-refractivity contribution in [1.82, 2.24) is 4.90 Å². The average molecular weight is 131 g/mol. The van der Waals surface area contributed by atoms with Crippen molar-refractivity contribution < 1.29 is 14.4 Å². The normalized spacial score (nSPS) is 8.00. The highest BCUT2D eigenvalue weighted by Gasteiger charge is 2.12. The van der Waals surface area contributed by atoms with Gasteiger partial charge in [0.1, 0.15) is 0 Å². The number of carbonyl (C=O) groups is 3. The van der Waals surface area contributed by atoms with Crippen LogP contribution in [0.5, 0.6) is 0 Å². The van der Waals surface area contributed by atoms with Crippen molar-refractivity contribution in [2.45, 2.75) is 0 Å². The number of primary amides is 2. The van der Waals surface area contributed by atoms with Crippen molar-refractivity contribution in [3.05, 3.63) is 0 Å². The summed E-state index contributed by atoms with van der Waals surface area (Å²) in [5.41, 5.74) is 9.01. The summed E-state index contributed by atoms with van der Waals surface area (Å²) in [6, 6.07) is -2.37. The van der Waals surface area contributed by atoms with Crippen LogP contribution in [-0.2, 0) is 4.79 Å². The highest BCUT2D eigenvalue weighted by molar-refractivity contribution is 6.01. The molecule has 0 atom stereocenters. The van der Waals surface area contributed by atoms with Gasteiger partial charge in [-0.15, -0.1) is 0 Å². The van der Waals surface area contributed by atoms with Crippen molar-refractivity contribution in [3.63, 3.8) is 0 Å². The number of nitrogens with two attached hydrogens (primary N) is 2. The number of rotatable bonds is 1. The second-order valence-electron chi connectivity index (χ2n) is 1.15. The van der Waals surface area contributed by atoms with Crippen LogP contribution in [0.15, 0.2) is 0 Å². The smallest absolute Gasteiger partial charge is 0.329 e. The molecule has 6 nitrogen and oxygen atoms in total. The first-order chi connectivity index (χ1) is 4.09. The van der Waals surface area contributed by atoms with E-state index >= 15 is 0 Å². The maximum absolute atomic E-state index is 9.99. The first-order valence-electron chi connectivity index (χ1n) is 1.93. The van der Waals surface area contributed by atoms with Gasteiger partial charge in [0.2, 0.25) is 6.41 Å². The van der Waals surface area contributed by atoms with Gasteiger partial charge in [0, 0.05) is 0 Å². The first kappa shape index (κ1) is 7.41. The molecule has 9 heavy (non-hydrogen) atoms. The Morgan fingerprint density at radius 3 is 1.56 bits per heavy atom. The number of amides is 5. The summed E-state index contributed by atoms with van der Waals surface area (Å²) >= 11 is 0. The standard InChI is InChI=1S/C3H5N3O3/c4-2(8)6(1-7)3(5)9/h1H,(H2,4,8)(H2,5,9). The van der Waals surface area contributed by atoms with Crippen LogP contribution in [0.2, 0.25) is 0 Å². The minimum atomic E-state index is -1.18. The van der Waals surface area contributed by atoms with Crippen LogP contribution in [0.25, 0.3) is 0 Å². The van der Waals surface area contributed by atoms with Crippen LogP contribution in [0.4, 0.5) is 9.59 Å². The molecule has 0 bridgehead atoms. The van der Waals surface area contributed by atoms with Gasteiger partial charge in [0.25, 0.3) is 0 Å². The predicted molar refractivity (Wildman–Crippen MR) is 27.1 cm³/mol. The molecule has 0 saturated carbocycles. The number of nitrogens with zero attached hydrogens (tertiary/aromatic N) is 1. The number of hydrogen-bond acceptors (Lipinski definition) is 3. The van der Waals surface area contributed by atoms with E-state index in [0.29, 0.717) is 0 Å². The molecule has 50 valence electrons. The van der Waals surface area contributed by atoms with Crippen molar-refractivity contribution in [3.8, 4) is 0 Å². The summed E-state index contributed by atoms with van der Waals surface area (Å²) in [4.78, 5) is 29.7. The lowest BCUT2D eigenvalue weighted by atomic mass is 10.8. The van der Waals surface area contributed by atoms with E-state index in [9.17, 15) is 14.4 Å². The molecule has 5 amide bonds. The molecule has 0 fully saturated rings. The van der Waals surface area contributed by atoms with E-state index in [1.807, 2.05) is 0 Å². The van der Waals surface area contributed by atoms with E-state index in [1.54, 1.807) is 0 Å². The van der Waals surface area contributed by atoms with Gasteiger partial charge in [0.15, 0.2) is 0 Å². The highest BCUT2D eigenvalue weighted by Crippen LogP contribution is 1.78. The fraction of sp³-hybridized carbons (Fsp3) is 0. The molecule has 6 heteroatoms. The molecule has 0 aromatic heterocycles. The Balaban J connectivity index is 4.16. The summed E-state index contributed by atoms with van der Waals surface area (Å²) in [5, 5.41) is 0. The Kier molecular flexibility index (Phi) is 2.18. The van der Waals surface area contributed by atoms with E-state index in [2.05, 4.69) is 11.5 Å².